The number of ether oxygens (including phenoxy) is 2. The normalized spacial score (nSPS) is 14.3. The molecule has 132 valence electrons. The fourth-order valence-corrected chi connectivity index (χ4v) is 2.85. The minimum Gasteiger partial charge on any atom is -0.497 e. The zero-order chi connectivity index (χ0) is 17.6. The number of aromatic nitrogens is 2. The third-order valence-corrected chi connectivity index (χ3v) is 4.25. The number of amides is 1. The second kappa shape index (κ2) is 7.83. The summed E-state index contributed by atoms with van der Waals surface area (Å²) < 4.78 is 11.5. The number of carbonyl (C=O) groups excluding carboxylic acids is 1. The van der Waals surface area contributed by atoms with E-state index in [2.05, 4.69) is 15.5 Å². The number of primary amides is 1. The molecule has 1 fully saturated rings. The molecular weight excluding hydrogens is 320 g/mol. The van der Waals surface area contributed by atoms with E-state index in [0.717, 1.165) is 29.9 Å². The highest BCUT2D eigenvalue weighted by atomic mass is 16.5. The van der Waals surface area contributed by atoms with Crippen LogP contribution in [0.25, 0.3) is 0 Å². The van der Waals surface area contributed by atoms with E-state index >= 15 is 0 Å². The molecule has 0 saturated heterocycles. The third-order valence-electron chi connectivity index (χ3n) is 4.25. The Bertz CT molecular complexity index is 728. The first-order valence-electron chi connectivity index (χ1n) is 8.36. The molecule has 0 bridgehead atoms. The van der Waals surface area contributed by atoms with Crippen LogP contribution in [0.4, 0.5) is 5.82 Å². The first-order valence-corrected chi connectivity index (χ1v) is 8.36. The highest BCUT2D eigenvalue weighted by Gasteiger charge is 2.18. The molecule has 2 aromatic rings. The van der Waals surface area contributed by atoms with Crippen molar-refractivity contribution in [3.05, 3.63) is 41.6 Å². The van der Waals surface area contributed by atoms with Crippen LogP contribution in [0.5, 0.6) is 11.5 Å². The van der Waals surface area contributed by atoms with E-state index in [1.54, 1.807) is 19.2 Å². The summed E-state index contributed by atoms with van der Waals surface area (Å²) in [5.74, 6) is 1.55. The van der Waals surface area contributed by atoms with Gasteiger partial charge >= 0.3 is 0 Å². The van der Waals surface area contributed by atoms with E-state index in [-0.39, 0.29) is 11.8 Å². The summed E-state index contributed by atoms with van der Waals surface area (Å²) in [7, 11) is 1.64. The Labute approximate surface area is 146 Å². The summed E-state index contributed by atoms with van der Waals surface area (Å²) in [4.78, 5) is 11.0. The smallest absolute Gasteiger partial charge is 0.269 e. The molecule has 1 amide bonds. The van der Waals surface area contributed by atoms with E-state index in [9.17, 15) is 4.79 Å². The van der Waals surface area contributed by atoms with Crippen LogP contribution in [0.15, 0.2) is 30.3 Å². The number of rotatable bonds is 7. The molecule has 1 aromatic heterocycles. The summed E-state index contributed by atoms with van der Waals surface area (Å²) in [5.41, 5.74) is 6.31. The molecule has 1 heterocycles. The number of hydrogen-bond acceptors (Lipinski definition) is 6. The Kier molecular flexibility index (Phi) is 5.33. The molecule has 0 unspecified atom stereocenters. The van der Waals surface area contributed by atoms with E-state index in [4.69, 9.17) is 15.2 Å². The lowest BCUT2D eigenvalue weighted by atomic mass is 10.1. The van der Waals surface area contributed by atoms with Crippen molar-refractivity contribution < 1.29 is 14.3 Å². The lowest BCUT2D eigenvalue weighted by molar-refractivity contribution is 0.0994. The van der Waals surface area contributed by atoms with Gasteiger partial charge in [-0.25, -0.2) is 0 Å². The average Bonchev–Trinajstić information content (AvgIpc) is 3.14. The standard InChI is InChI=1S/C18H22N4O3/c1-24-14-7-6-12(16(10-14)25-13-4-2-3-5-13)11-20-17-9-8-15(18(19)23)21-22-17/h6-10,13H,2-5,11H2,1H3,(H2,19,23)(H,20,22). The minimum absolute atomic E-state index is 0.139. The molecule has 1 aliphatic carbocycles. The van der Waals surface area contributed by atoms with Crippen molar-refractivity contribution in [3.63, 3.8) is 0 Å². The molecule has 1 saturated carbocycles. The maximum atomic E-state index is 11.0. The second-order valence-electron chi connectivity index (χ2n) is 6.02. The van der Waals surface area contributed by atoms with Gasteiger partial charge in [0.15, 0.2) is 5.69 Å². The molecule has 7 heteroatoms. The SMILES string of the molecule is COc1ccc(CNc2ccc(C(N)=O)nn2)c(OC2CCCC2)c1. The molecule has 3 N–H and O–H groups in total. The molecular formula is C18H22N4O3. The number of hydrogen-bond donors (Lipinski definition) is 2. The van der Waals surface area contributed by atoms with E-state index in [0.29, 0.717) is 12.4 Å². The highest BCUT2D eigenvalue weighted by Crippen LogP contribution is 2.30. The second-order valence-corrected chi connectivity index (χ2v) is 6.02. The molecule has 1 aliphatic rings. The quantitative estimate of drug-likeness (QED) is 0.802. The number of benzene rings is 1. The van der Waals surface area contributed by atoms with Gasteiger partial charge in [-0.15, -0.1) is 10.2 Å². The Morgan fingerprint density at radius 2 is 2.04 bits per heavy atom. The van der Waals surface area contributed by atoms with E-state index in [1.165, 1.54) is 12.8 Å². The summed E-state index contributed by atoms with van der Waals surface area (Å²) in [6.07, 6.45) is 4.86. The zero-order valence-electron chi connectivity index (χ0n) is 14.2. The average molecular weight is 342 g/mol. The highest BCUT2D eigenvalue weighted by molar-refractivity contribution is 5.90. The lowest BCUT2D eigenvalue weighted by Crippen LogP contribution is -2.15. The van der Waals surface area contributed by atoms with Gasteiger partial charge in [-0.1, -0.05) is 0 Å². The van der Waals surface area contributed by atoms with Crippen molar-refractivity contribution in [2.45, 2.75) is 38.3 Å². The van der Waals surface area contributed by atoms with E-state index < -0.39 is 5.91 Å². The number of nitrogens with zero attached hydrogens (tertiary/aromatic N) is 2. The largest absolute Gasteiger partial charge is 0.497 e. The van der Waals surface area contributed by atoms with Gasteiger partial charge in [0.2, 0.25) is 0 Å². The lowest BCUT2D eigenvalue weighted by Gasteiger charge is -2.18. The molecule has 0 radical (unpaired) electrons. The summed E-state index contributed by atoms with van der Waals surface area (Å²) in [6, 6.07) is 9.01. The number of carbonyl (C=O) groups is 1. The summed E-state index contributed by atoms with van der Waals surface area (Å²) in [6.45, 7) is 0.524. The van der Waals surface area contributed by atoms with Crippen molar-refractivity contribution in [3.8, 4) is 11.5 Å². The van der Waals surface area contributed by atoms with Gasteiger partial charge in [-0.3, -0.25) is 4.79 Å². The molecule has 0 aliphatic heterocycles. The van der Waals surface area contributed by atoms with Crippen LogP contribution in [-0.2, 0) is 6.54 Å². The zero-order valence-corrected chi connectivity index (χ0v) is 14.2. The van der Waals surface area contributed by atoms with Crippen LogP contribution in [-0.4, -0.2) is 29.3 Å². The van der Waals surface area contributed by atoms with Crippen LogP contribution in [0.1, 0.15) is 41.7 Å². The fraction of sp³-hybridized carbons (Fsp3) is 0.389. The minimum atomic E-state index is -0.596. The first kappa shape index (κ1) is 17.0. The number of methoxy groups -OCH3 is 1. The van der Waals surface area contributed by atoms with Crippen LogP contribution in [0.3, 0.4) is 0 Å². The third kappa shape index (κ3) is 4.37. The van der Waals surface area contributed by atoms with E-state index in [1.807, 2.05) is 18.2 Å². The Balaban J connectivity index is 1.70. The van der Waals surface area contributed by atoms with Crippen molar-refractivity contribution in [1.29, 1.82) is 0 Å². The van der Waals surface area contributed by atoms with Gasteiger partial charge in [0, 0.05) is 18.2 Å². The van der Waals surface area contributed by atoms with Gasteiger partial charge in [-0.05, 0) is 49.9 Å². The van der Waals surface area contributed by atoms with Gasteiger partial charge < -0.3 is 20.5 Å². The van der Waals surface area contributed by atoms with Gasteiger partial charge in [0.05, 0.1) is 13.2 Å². The van der Waals surface area contributed by atoms with Gasteiger partial charge in [-0.2, -0.15) is 0 Å². The molecule has 0 atom stereocenters. The molecule has 25 heavy (non-hydrogen) atoms. The van der Waals surface area contributed by atoms with Crippen LogP contribution < -0.4 is 20.5 Å². The van der Waals surface area contributed by atoms with Crippen molar-refractivity contribution in [1.82, 2.24) is 10.2 Å². The number of nitrogens with two attached hydrogens (primary N) is 1. The monoisotopic (exact) mass is 342 g/mol. The summed E-state index contributed by atoms with van der Waals surface area (Å²) >= 11 is 0. The van der Waals surface area contributed by atoms with Crippen molar-refractivity contribution in [2.75, 3.05) is 12.4 Å². The van der Waals surface area contributed by atoms with Crippen LogP contribution in [0, 0.1) is 0 Å². The maximum absolute atomic E-state index is 11.0. The van der Waals surface area contributed by atoms with Crippen molar-refractivity contribution >= 4 is 11.7 Å². The summed E-state index contributed by atoms with van der Waals surface area (Å²) in [5, 5.41) is 10.9. The molecule has 1 aromatic carbocycles. The molecule has 0 spiro atoms. The Morgan fingerprint density at radius 1 is 1.24 bits per heavy atom. The topological polar surface area (TPSA) is 99.4 Å². The number of nitrogens with one attached hydrogen (secondary N) is 1. The van der Waals surface area contributed by atoms with Crippen LogP contribution in [0.2, 0.25) is 0 Å². The maximum Gasteiger partial charge on any atom is 0.269 e. The predicted octanol–water partition coefficient (Wildman–Crippen LogP) is 2.52. The molecule has 3 rings (SSSR count). The van der Waals surface area contributed by atoms with Crippen molar-refractivity contribution in [2.24, 2.45) is 5.73 Å². The fourth-order valence-electron chi connectivity index (χ4n) is 2.85. The Morgan fingerprint density at radius 3 is 2.68 bits per heavy atom. The molecule has 7 nitrogen and oxygen atoms in total. The van der Waals surface area contributed by atoms with Crippen LogP contribution >= 0.6 is 0 Å². The van der Waals surface area contributed by atoms with Gasteiger partial charge in [0.25, 0.3) is 5.91 Å². The first-order chi connectivity index (χ1) is 12.2. The number of anilines is 1. The van der Waals surface area contributed by atoms with Gasteiger partial charge in [0.1, 0.15) is 17.3 Å². The predicted molar refractivity (Wildman–Crippen MR) is 93.8 cm³/mol. The Hall–Kier alpha value is -2.83.